The number of fused-ring (bicyclic) bond motifs is 2. The summed E-state index contributed by atoms with van der Waals surface area (Å²) in [5.74, 6) is -0.295. The predicted octanol–water partition coefficient (Wildman–Crippen LogP) is -3.68. The number of imidazole rings is 2. The van der Waals surface area contributed by atoms with Gasteiger partial charge in [0, 0.05) is 11.5 Å². The number of ether oxygens (including phenoxy) is 2. The van der Waals surface area contributed by atoms with Crippen molar-refractivity contribution in [2.45, 2.75) is 68.8 Å². The third-order valence-electron chi connectivity index (χ3n) is 7.70. The molecule has 0 saturated carbocycles. The number of H-pyrrole nitrogens is 2. The number of anilines is 2. The molecule has 2 aliphatic heterocycles. The lowest BCUT2D eigenvalue weighted by molar-refractivity contribution is -0.222. The number of hydrogen-bond donors (Lipinski definition) is 10. The number of nitrogens with one attached hydrogen (secondary N) is 2. The molecule has 280 valence electrons. The van der Waals surface area contributed by atoms with E-state index in [0.717, 1.165) is 6.33 Å². The molecule has 6 heterocycles. The number of phosphoric acid groups is 1. The lowest BCUT2D eigenvalue weighted by atomic mass is 9.96. The summed E-state index contributed by atoms with van der Waals surface area (Å²) in [4.78, 5) is 65.6. The monoisotopic (exact) mass is 745 g/mol. The van der Waals surface area contributed by atoms with Crippen molar-refractivity contribution in [2.24, 2.45) is 5.11 Å². The second kappa shape index (κ2) is 15.0. The van der Waals surface area contributed by atoms with Crippen LogP contribution in [0.4, 0.5) is 11.9 Å². The van der Waals surface area contributed by atoms with E-state index in [9.17, 15) is 44.6 Å². The summed E-state index contributed by atoms with van der Waals surface area (Å²) in [7, 11) is -5.03. The quantitative estimate of drug-likeness (QED) is 0.0377. The molecule has 0 amide bonds. The average molecular weight is 746 g/mol. The van der Waals surface area contributed by atoms with Gasteiger partial charge in [0.05, 0.1) is 25.9 Å². The molecule has 9 atom stereocenters. The summed E-state index contributed by atoms with van der Waals surface area (Å²) in [5, 5.41) is 53.5. The third-order valence-corrected chi connectivity index (χ3v) is 8.18. The zero-order valence-electron chi connectivity index (χ0n) is 27.9. The second-order valence-electron chi connectivity index (χ2n) is 11.4. The highest BCUT2D eigenvalue weighted by molar-refractivity contribution is 7.44. The standard InChI is InChI=1S/C11H16N5O8P.C11H15N5O5.C2H5N3/c1-11(19)6(17)4(2-23-25(20,21)22)24-9(11)16-3-13-5-7(16)14-10(12)15-8(5)18;1-11(20)6(18)4(2-17)21-9(11)16-3-13-5-7(16)14-10(12)15-8(5)19;1-2-4-5-3/h3-4,6,9,17,19H,2H2,1H3,(H2,20,21,22)(H3,12,14,15,18);3-4,6,9,17-18,20H,2H2,1H3,(H3,12,14,15,19);2H2,1H3/t2*4-,6+,9-,11?;/m11./s1. The molecule has 26 nitrogen and oxygen atoms in total. The topological polar surface area (TPSA) is 417 Å². The first-order chi connectivity index (χ1) is 23.8. The van der Waals surface area contributed by atoms with Crippen LogP contribution in [-0.2, 0) is 18.6 Å². The van der Waals surface area contributed by atoms with E-state index in [-0.39, 0.29) is 35.7 Å². The SMILES string of the molecule is CC1(O)[C@@H](O)[C@@H](CO)O[C@H]1n1cnc2c(=O)[nH]c(N)nc21.CC1(O)[C@@H](O)[C@@H](COP(=O)([O-])O)O[C@H]1n1cnc2c(=O)[nH]c(N)nc21.CCN=[N+]=[N-].[H+]. The number of hydrogen-bond acceptors (Lipinski definition) is 19. The lowest BCUT2D eigenvalue weighted by Crippen LogP contribution is -2.44. The number of phosphoric ester groups is 1. The van der Waals surface area contributed by atoms with Gasteiger partial charge in [-0.15, -0.1) is 0 Å². The highest BCUT2D eigenvalue weighted by Gasteiger charge is 2.54. The normalized spacial score (nSPS) is 29.8. The smallest absolute Gasteiger partial charge is 0.756 e. The van der Waals surface area contributed by atoms with Crippen LogP contribution < -0.4 is 27.5 Å². The van der Waals surface area contributed by atoms with Crippen LogP contribution in [0.5, 0.6) is 0 Å². The molecule has 0 radical (unpaired) electrons. The Kier molecular flexibility index (Phi) is 11.5. The second-order valence-corrected chi connectivity index (χ2v) is 12.6. The number of aromatic nitrogens is 8. The van der Waals surface area contributed by atoms with Crippen molar-refractivity contribution < 1.29 is 55.3 Å². The summed E-state index contributed by atoms with van der Waals surface area (Å²) in [5.41, 5.74) is 13.9. The zero-order valence-corrected chi connectivity index (χ0v) is 27.8. The van der Waals surface area contributed by atoms with Gasteiger partial charge in [0.25, 0.3) is 18.9 Å². The Balaban J connectivity index is 0.000000247. The first kappa shape index (κ1) is 39.2. The molecule has 2 aliphatic rings. The Labute approximate surface area is 285 Å². The summed E-state index contributed by atoms with van der Waals surface area (Å²) < 4.78 is 28.3. The molecule has 4 aromatic heterocycles. The van der Waals surface area contributed by atoms with Crippen molar-refractivity contribution in [3.8, 4) is 0 Å². The van der Waals surface area contributed by atoms with E-state index in [0.29, 0.717) is 6.54 Å². The maximum Gasteiger partial charge on any atom is 1.00 e. The van der Waals surface area contributed by atoms with Crippen molar-refractivity contribution in [1.29, 1.82) is 0 Å². The Morgan fingerprint density at radius 3 is 1.80 bits per heavy atom. The van der Waals surface area contributed by atoms with Gasteiger partial charge in [-0.1, -0.05) is 12.0 Å². The number of aliphatic hydroxyl groups excluding tert-OH is 3. The molecule has 4 aromatic rings. The van der Waals surface area contributed by atoms with Gasteiger partial charge in [0.1, 0.15) is 35.6 Å². The van der Waals surface area contributed by atoms with E-state index in [1.54, 1.807) is 6.92 Å². The number of azide groups is 1. The molecule has 2 fully saturated rings. The van der Waals surface area contributed by atoms with E-state index in [1.807, 2.05) is 0 Å². The molecular weight excluding hydrogens is 709 g/mol. The molecule has 0 spiro atoms. The van der Waals surface area contributed by atoms with Crippen LogP contribution in [-0.4, -0.2) is 125 Å². The number of aliphatic hydroxyl groups is 5. The van der Waals surface area contributed by atoms with E-state index >= 15 is 0 Å². The molecule has 27 heteroatoms. The van der Waals surface area contributed by atoms with Crippen molar-refractivity contribution in [3.63, 3.8) is 0 Å². The van der Waals surface area contributed by atoms with Crippen molar-refractivity contribution in [2.75, 3.05) is 31.2 Å². The molecule has 51 heavy (non-hydrogen) atoms. The van der Waals surface area contributed by atoms with Crippen LogP contribution in [0.15, 0.2) is 27.4 Å². The Morgan fingerprint density at radius 1 is 1.02 bits per heavy atom. The van der Waals surface area contributed by atoms with Gasteiger partial charge in [0.15, 0.2) is 34.8 Å². The molecule has 0 bridgehead atoms. The molecule has 2 saturated heterocycles. The fourth-order valence-corrected chi connectivity index (χ4v) is 5.56. The molecule has 3 unspecified atom stereocenters. The summed E-state index contributed by atoms with van der Waals surface area (Å²) in [6.45, 7) is 3.75. The van der Waals surface area contributed by atoms with Crippen LogP contribution in [0, 0.1) is 0 Å². The predicted molar refractivity (Wildman–Crippen MR) is 170 cm³/mol. The van der Waals surface area contributed by atoms with Crippen molar-refractivity contribution in [3.05, 3.63) is 43.8 Å². The highest BCUT2D eigenvalue weighted by atomic mass is 31.2. The highest BCUT2D eigenvalue weighted by Crippen LogP contribution is 2.41. The zero-order chi connectivity index (χ0) is 38.1. The van der Waals surface area contributed by atoms with Gasteiger partial charge in [-0.05, 0) is 19.4 Å². The first-order valence-corrected chi connectivity index (χ1v) is 16.1. The van der Waals surface area contributed by atoms with Crippen molar-refractivity contribution >= 4 is 42.0 Å². The first-order valence-electron chi connectivity index (χ1n) is 14.6. The minimum Gasteiger partial charge on any atom is -0.756 e. The summed E-state index contributed by atoms with van der Waals surface area (Å²) in [6, 6.07) is 0. The van der Waals surface area contributed by atoms with E-state index in [4.69, 9.17) is 31.4 Å². The summed E-state index contributed by atoms with van der Waals surface area (Å²) >= 11 is 0. The maximum atomic E-state index is 11.8. The van der Waals surface area contributed by atoms with Crippen LogP contribution >= 0.6 is 7.82 Å². The Morgan fingerprint density at radius 2 is 1.45 bits per heavy atom. The van der Waals surface area contributed by atoms with Crippen molar-refractivity contribution in [1.82, 2.24) is 39.0 Å². The number of aromatic amines is 2. The van der Waals surface area contributed by atoms with Crippen LogP contribution in [0.1, 0.15) is 34.7 Å². The third kappa shape index (κ3) is 8.01. The van der Waals surface area contributed by atoms with Gasteiger partial charge in [-0.25, -0.2) is 9.97 Å². The van der Waals surface area contributed by atoms with Gasteiger partial charge < -0.3 is 60.8 Å². The average Bonchev–Trinajstić information content (AvgIpc) is 3.76. The van der Waals surface area contributed by atoms with Crippen LogP contribution in [0.2, 0.25) is 0 Å². The fraction of sp³-hybridized carbons (Fsp3) is 0.583. The van der Waals surface area contributed by atoms with Gasteiger partial charge in [-0.3, -0.25) is 33.3 Å². The molecule has 12 N–H and O–H groups in total. The molecular formula is C24H36N13O13P. The number of nitrogens with two attached hydrogens (primary N) is 2. The van der Waals surface area contributed by atoms with Gasteiger partial charge in [-0.2, -0.15) is 9.97 Å². The maximum absolute atomic E-state index is 11.8. The molecule has 0 aliphatic carbocycles. The molecule has 0 aromatic carbocycles. The minimum atomic E-state index is -5.03. The Bertz CT molecular complexity index is 2080. The minimum absolute atomic E-state index is 0. The van der Waals surface area contributed by atoms with E-state index < -0.39 is 80.2 Å². The lowest BCUT2D eigenvalue weighted by Gasteiger charge is -2.27. The number of rotatable bonds is 7. The van der Waals surface area contributed by atoms with Crippen LogP contribution in [0.3, 0.4) is 0 Å². The largest absolute Gasteiger partial charge is 1.00 e. The number of nitrogen functional groups attached to an aromatic ring is 2. The number of nitrogens with zero attached hydrogens (tertiary/aromatic N) is 9. The molecule has 6 rings (SSSR count). The fourth-order valence-electron chi connectivity index (χ4n) is 5.23. The van der Waals surface area contributed by atoms with Crippen LogP contribution in [0.25, 0.3) is 32.8 Å². The van der Waals surface area contributed by atoms with Gasteiger partial charge >= 0.3 is 1.43 Å². The van der Waals surface area contributed by atoms with Gasteiger partial charge in [0.2, 0.25) is 11.9 Å². The van der Waals surface area contributed by atoms with E-state index in [2.05, 4.69) is 44.5 Å². The Hall–Kier alpha value is -4.56. The van der Waals surface area contributed by atoms with E-state index in [1.165, 1.54) is 29.3 Å². The summed E-state index contributed by atoms with van der Waals surface area (Å²) in [6.07, 6.45) is -5.04.